The third-order valence-electron chi connectivity index (χ3n) is 20.7. The van der Waals surface area contributed by atoms with Gasteiger partial charge in [0.1, 0.15) is 41.5 Å². The summed E-state index contributed by atoms with van der Waals surface area (Å²) in [6.07, 6.45) is 6.77. The topological polar surface area (TPSA) is 385 Å². The number of anilines is 2. The van der Waals surface area contributed by atoms with Gasteiger partial charge in [-0.1, -0.05) is 30.3 Å². The van der Waals surface area contributed by atoms with Crippen molar-refractivity contribution < 1.29 is 119 Å². The van der Waals surface area contributed by atoms with Gasteiger partial charge in [0.05, 0.1) is 183 Å². The largest absolute Gasteiger partial charge is 0.495 e. The van der Waals surface area contributed by atoms with E-state index in [0.29, 0.717) is 210 Å². The first kappa shape index (κ1) is 95.2. The Balaban J connectivity index is 0.554. The van der Waals surface area contributed by atoms with Crippen LogP contribution in [0.2, 0.25) is 0 Å². The number of aromatic nitrogens is 3. The summed E-state index contributed by atoms with van der Waals surface area (Å²) in [5.74, 6) is -4.77. The lowest BCUT2D eigenvalue weighted by Crippen LogP contribution is -2.50. The summed E-state index contributed by atoms with van der Waals surface area (Å²) in [7, 11) is 1.50. The molecule has 3 saturated heterocycles. The van der Waals surface area contributed by atoms with Gasteiger partial charge in [0.15, 0.2) is 0 Å². The number of piperidine rings is 2. The summed E-state index contributed by atoms with van der Waals surface area (Å²) in [6, 6.07) is 21.0. The number of ether oxygens (including phenoxy) is 14. The van der Waals surface area contributed by atoms with E-state index in [1.165, 1.54) is 42.1 Å². The van der Waals surface area contributed by atoms with Crippen molar-refractivity contribution in [1.29, 1.82) is 0 Å². The maximum absolute atomic E-state index is 15.9. The molecular weight excluding hydrogens is 1580 g/mol. The highest BCUT2D eigenvalue weighted by molar-refractivity contribution is 6.08. The van der Waals surface area contributed by atoms with Gasteiger partial charge in [-0.05, 0) is 149 Å². The highest BCUT2D eigenvalue weighted by Crippen LogP contribution is 2.43. The van der Waals surface area contributed by atoms with Crippen LogP contribution in [0.15, 0.2) is 85.2 Å². The number of urea groups is 1. The molecule has 0 radical (unpaired) electrons. The first-order valence-electron chi connectivity index (χ1n) is 41.2. The van der Waals surface area contributed by atoms with Crippen LogP contribution in [0.5, 0.6) is 5.75 Å². The predicted molar refractivity (Wildman–Crippen MR) is 440 cm³/mol. The second kappa shape index (κ2) is 51.4. The normalized spacial score (nSPS) is 14.3. The number of halogens is 2. The lowest BCUT2D eigenvalue weighted by molar-refractivity contribution is -0.157. The van der Waals surface area contributed by atoms with E-state index in [2.05, 4.69) is 65.4 Å². The Morgan fingerprint density at radius 3 is 1.69 bits per heavy atom. The van der Waals surface area contributed by atoms with E-state index < -0.39 is 53.6 Å². The fourth-order valence-electron chi connectivity index (χ4n) is 13.8. The van der Waals surface area contributed by atoms with Gasteiger partial charge in [0.25, 0.3) is 11.8 Å². The molecule has 3 aliphatic heterocycles. The second-order valence-corrected chi connectivity index (χ2v) is 29.6. The summed E-state index contributed by atoms with van der Waals surface area (Å²) in [4.78, 5) is 118. The van der Waals surface area contributed by atoms with Crippen LogP contribution in [0.1, 0.15) is 109 Å². The van der Waals surface area contributed by atoms with Crippen LogP contribution in [-0.2, 0) is 97.6 Å². The van der Waals surface area contributed by atoms with E-state index in [9.17, 15) is 38.4 Å². The van der Waals surface area contributed by atoms with Gasteiger partial charge in [-0.15, -0.1) is 0 Å². The third-order valence-corrected chi connectivity index (χ3v) is 20.7. The first-order valence-corrected chi connectivity index (χ1v) is 41.2. The van der Waals surface area contributed by atoms with E-state index in [1.54, 1.807) is 39.0 Å². The molecule has 0 bridgehead atoms. The zero-order valence-electron chi connectivity index (χ0n) is 69.7. The van der Waals surface area contributed by atoms with E-state index >= 15 is 8.78 Å². The number of nitrogens with zero attached hydrogens (tertiary/aromatic N) is 5. The van der Waals surface area contributed by atoms with Crippen LogP contribution >= 0.6 is 0 Å². The molecule has 662 valence electrons. The number of nitrogens with one attached hydrogen (secondary N) is 5. The summed E-state index contributed by atoms with van der Waals surface area (Å²) in [6.45, 7) is 18.2. The lowest BCUT2D eigenvalue weighted by atomic mass is 9.71. The van der Waals surface area contributed by atoms with Gasteiger partial charge < -0.3 is 102 Å². The summed E-state index contributed by atoms with van der Waals surface area (Å²) >= 11 is 0. The number of carboxylic acids is 1. The second-order valence-electron chi connectivity index (χ2n) is 29.6. The number of esters is 1. The number of methoxy groups -OCH3 is 1. The molecule has 4 aromatic carbocycles. The molecule has 0 atom stereocenters. The minimum Gasteiger partial charge on any atom is -0.495 e. The van der Waals surface area contributed by atoms with Crippen molar-refractivity contribution in [3.8, 4) is 28.3 Å². The molecular formula is C86H116F2N10O23. The van der Waals surface area contributed by atoms with Crippen LogP contribution in [0.4, 0.5) is 25.0 Å². The quantitative estimate of drug-likeness (QED) is 0.0155. The first-order chi connectivity index (χ1) is 58.7. The average molecular weight is 1700 g/mol. The number of aromatic amines is 1. The van der Waals surface area contributed by atoms with Gasteiger partial charge in [-0.25, -0.2) is 23.5 Å². The van der Waals surface area contributed by atoms with Gasteiger partial charge in [0, 0.05) is 86.3 Å². The van der Waals surface area contributed by atoms with Gasteiger partial charge in [0.2, 0.25) is 17.7 Å². The monoisotopic (exact) mass is 1690 g/mol. The summed E-state index contributed by atoms with van der Waals surface area (Å²) in [5, 5.41) is 19.4. The van der Waals surface area contributed by atoms with Crippen molar-refractivity contribution in [1.82, 2.24) is 40.7 Å². The number of amides is 7. The summed E-state index contributed by atoms with van der Waals surface area (Å²) in [5.41, 5.74) is 4.36. The predicted octanol–water partition coefficient (Wildman–Crippen LogP) is 8.00. The molecule has 9 rings (SSSR count). The molecule has 6 aromatic rings. The molecule has 3 aliphatic rings. The average Bonchev–Trinajstić information content (AvgIpc) is 1.67. The number of aliphatic carboxylic acids is 1. The Morgan fingerprint density at radius 1 is 0.595 bits per heavy atom. The number of imide groups is 1. The van der Waals surface area contributed by atoms with Crippen molar-refractivity contribution in [2.45, 2.75) is 90.6 Å². The number of H-pyrrole nitrogens is 1. The Morgan fingerprint density at radius 2 is 1.14 bits per heavy atom. The van der Waals surface area contributed by atoms with E-state index in [0.717, 1.165) is 75.1 Å². The van der Waals surface area contributed by atoms with Gasteiger partial charge in [-0.3, -0.25) is 43.8 Å². The standard InChI is InChI=1S/C86H116F2N10O23/c1-61-68(80-69-58-72(93-81(69)92-60-91-80)63-10-8-62(9-11-63)16-24-96-26-19-86(20-27-96)21-28-97(29-22-86)83(106)64-12-15-74(108-4)73(54-64)98-25-17-77(101)95-84(98)107)56-66(87)57-71(61)94-82(105)67-14-13-65(55-70(67)88)85(2,3)121-79(104)59-90-76(100)18-30-109-32-34-111-36-38-113-40-42-115-44-46-117-48-50-119-52-53-120-51-49-118-47-45-116-43-41-114-39-37-112-35-33-110-31-23-89-75(99)6-5-7-78(102)103/h8-15,54-58,60H,5-7,16-53,59H2,1-4H3,(H,89,99)(H,90,100)(H,94,105)(H,102,103)(H,91,92,93)(H,95,101,107). The van der Waals surface area contributed by atoms with Gasteiger partial charge >= 0.3 is 18.0 Å². The summed E-state index contributed by atoms with van der Waals surface area (Å²) < 4.78 is 109. The number of carbonyl (C=O) groups excluding carboxylic acids is 7. The van der Waals surface area contributed by atoms with Crippen molar-refractivity contribution in [3.05, 3.63) is 125 Å². The molecule has 0 unspecified atom stereocenters. The van der Waals surface area contributed by atoms with E-state index in [-0.39, 0.29) is 92.0 Å². The van der Waals surface area contributed by atoms with Crippen LogP contribution in [0, 0.1) is 24.0 Å². The highest BCUT2D eigenvalue weighted by atomic mass is 19.1. The fourth-order valence-corrected chi connectivity index (χ4v) is 13.8. The molecule has 33 nitrogen and oxygen atoms in total. The number of likely N-dealkylation sites (tertiary alicyclic amines) is 2. The molecule has 3 fully saturated rings. The number of carboxylic acid groups (broad SMARTS) is 1. The Labute approximate surface area is 703 Å². The maximum Gasteiger partial charge on any atom is 0.328 e. The molecule has 1 spiro atoms. The number of hydrogen-bond acceptors (Lipinski definition) is 25. The molecule has 6 N–H and O–H groups in total. The number of rotatable bonds is 57. The molecule has 35 heteroatoms. The van der Waals surface area contributed by atoms with E-state index in [4.69, 9.17) is 71.4 Å². The molecule has 0 saturated carbocycles. The molecule has 2 aromatic heterocycles. The van der Waals surface area contributed by atoms with Crippen LogP contribution < -0.4 is 30.9 Å². The Hall–Kier alpha value is -9.60. The molecule has 121 heavy (non-hydrogen) atoms. The lowest BCUT2D eigenvalue weighted by Gasteiger charge is -2.47. The maximum atomic E-state index is 15.9. The Kier molecular flexibility index (Phi) is 40.4. The van der Waals surface area contributed by atoms with Crippen molar-refractivity contribution >= 4 is 69.9 Å². The molecule has 0 aliphatic carbocycles. The SMILES string of the molecule is COc1ccc(C(=O)N2CCC3(CCN(CCc4ccc(-c5cc6c(-c7cc(F)cc(NC(=O)c8ccc(C(C)(C)OC(=O)CNC(=O)CCOCCOCCOCCOCCOCCOCCOCCOCCOCCOCCOCCOCCNC(=O)CCCC(=O)O)cc8F)c7C)ncnc6[nH]5)cc4)CC3)CC2)cc1N1CCC(=O)NC1=O. The smallest absolute Gasteiger partial charge is 0.328 e. The zero-order chi connectivity index (χ0) is 86.0. The van der Waals surface area contributed by atoms with Crippen LogP contribution in [-0.4, -0.2) is 295 Å². The molecule has 5 heterocycles. The Bertz CT molecular complexity index is 4270. The van der Waals surface area contributed by atoms with Crippen molar-refractivity contribution in [2.24, 2.45) is 5.41 Å². The molecule has 7 amide bonds. The highest BCUT2D eigenvalue weighted by Gasteiger charge is 2.39. The van der Waals surface area contributed by atoms with E-state index in [1.807, 2.05) is 11.0 Å². The van der Waals surface area contributed by atoms with Crippen molar-refractivity contribution in [2.75, 3.05) is 228 Å². The zero-order valence-corrected chi connectivity index (χ0v) is 69.7. The number of fused-ring (bicyclic) bond motifs is 1. The minimum absolute atomic E-state index is 0.0289. The number of carbonyl (C=O) groups is 8. The fraction of sp³-hybridized carbons (Fsp3) is 0.558. The van der Waals surface area contributed by atoms with Crippen LogP contribution in [0.25, 0.3) is 33.5 Å². The number of hydrogen-bond donors (Lipinski definition) is 6. The van der Waals surface area contributed by atoms with Crippen LogP contribution in [0.3, 0.4) is 0 Å². The number of benzene rings is 4. The third kappa shape index (κ3) is 32.3. The minimum atomic E-state index is -1.38. The van der Waals surface area contributed by atoms with Gasteiger partial charge in [-0.2, -0.15) is 0 Å². The van der Waals surface area contributed by atoms with Crippen molar-refractivity contribution in [3.63, 3.8) is 0 Å².